The summed E-state index contributed by atoms with van der Waals surface area (Å²) in [5.41, 5.74) is -2.25. The Labute approximate surface area is 262 Å². The molecule has 47 heavy (non-hydrogen) atoms. The topological polar surface area (TPSA) is 92.5 Å². The van der Waals surface area contributed by atoms with E-state index in [-0.39, 0.29) is 34.3 Å². The van der Waals surface area contributed by atoms with Gasteiger partial charge < -0.3 is 11.5 Å². The molecular weight excluding hydrogens is 831 g/mol. The van der Waals surface area contributed by atoms with Crippen LogP contribution in [-0.2, 0) is 18.0 Å². The van der Waals surface area contributed by atoms with Crippen molar-refractivity contribution in [3.8, 4) is 0 Å². The molecule has 2 aromatic carbocycles. The summed E-state index contributed by atoms with van der Waals surface area (Å²) in [6, 6.07) is 3.27. The Morgan fingerprint density at radius 3 is 1.11 bits per heavy atom. The Bertz CT molecular complexity index is 1280. The third-order valence-corrected chi connectivity index (χ3v) is 6.44. The van der Waals surface area contributed by atoms with Crippen LogP contribution >= 0.6 is 22.6 Å². The predicted octanol–water partition coefficient (Wildman–Crippen LogP) is 10.7. The molecule has 0 heterocycles. The zero-order chi connectivity index (χ0) is 38.6. The second-order valence-corrected chi connectivity index (χ2v) is 10.00. The van der Waals surface area contributed by atoms with Crippen LogP contribution in [0.3, 0.4) is 0 Å². The van der Waals surface area contributed by atoms with Crippen molar-refractivity contribution in [2.75, 3.05) is 11.5 Å². The maximum Gasteiger partial charge on any atom is 0.441 e. The Kier molecular flexibility index (Phi) is 15.0. The molecule has 25 heteroatoms. The molecule has 0 saturated heterocycles. The molecule has 2 rings (SSSR count). The molecule has 0 spiro atoms. The van der Waals surface area contributed by atoms with Crippen molar-refractivity contribution in [2.45, 2.75) is 60.2 Å². The molecule has 0 aromatic heterocycles. The summed E-state index contributed by atoms with van der Waals surface area (Å²) in [5, 5.41) is 12.0. The quantitative estimate of drug-likeness (QED) is 0.0574. The zero-order valence-electron chi connectivity index (χ0n) is 22.4. The lowest BCUT2D eigenvalue weighted by atomic mass is 9.90. The third-order valence-electron chi connectivity index (χ3n) is 5.21. The molecule has 274 valence electrons. The zero-order valence-corrected chi connectivity index (χ0v) is 24.5. The lowest BCUT2D eigenvalue weighted by Gasteiger charge is -2.31. The number of aryl methyl sites for hydroxylation is 2. The highest BCUT2D eigenvalue weighted by Gasteiger charge is 2.74. The fourth-order valence-electron chi connectivity index (χ4n) is 2.81. The predicted molar refractivity (Wildman–Crippen MR) is 131 cm³/mol. The first-order chi connectivity index (χ1) is 20.5. The highest BCUT2D eigenvalue weighted by molar-refractivity contribution is 14.1. The first-order valence-corrected chi connectivity index (χ1v) is 12.0. The molecule has 0 aliphatic carbocycles. The Morgan fingerprint density at radius 1 is 0.511 bits per heavy atom. The summed E-state index contributed by atoms with van der Waals surface area (Å²) in [4.78, 5) is 0. The largest absolute Gasteiger partial charge is 0.441 e. The monoisotopic (exact) mass is 848 g/mol. The van der Waals surface area contributed by atoms with E-state index in [0.29, 0.717) is 5.56 Å². The number of nitrogen functional groups attached to an aromatic ring is 2. The number of nitrogens with two attached hydrogens (primary N) is 2. The van der Waals surface area contributed by atoms with E-state index in [1.807, 2.05) is 0 Å². The van der Waals surface area contributed by atoms with Crippen LogP contribution in [0.5, 0.6) is 0 Å². The minimum atomic E-state index is -6.50. The smallest absolute Gasteiger partial charge is 0.398 e. The van der Waals surface area contributed by atoms with Crippen LogP contribution in [-0.4, -0.2) is 38.9 Å². The molecule has 0 radical (unpaired) electrons. The van der Waals surface area contributed by atoms with Crippen LogP contribution in [0.15, 0.2) is 30.3 Å². The van der Waals surface area contributed by atoms with E-state index in [0.717, 1.165) is 13.0 Å². The Morgan fingerprint density at radius 2 is 0.851 bits per heavy atom. The van der Waals surface area contributed by atoms with Gasteiger partial charge in [-0.3, -0.25) is 10.5 Å². The van der Waals surface area contributed by atoms with Gasteiger partial charge in [-0.2, -0.15) is 79.0 Å². The van der Waals surface area contributed by atoms with Gasteiger partial charge in [-0.25, -0.2) is 8.78 Å². The van der Waals surface area contributed by atoms with Gasteiger partial charge in [0.2, 0.25) is 0 Å². The van der Waals surface area contributed by atoms with Crippen molar-refractivity contribution in [1.29, 1.82) is 0 Å². The maximum atomic E-state index is 13.8. The molecule has 0 fully saturated rings. The first kappa shape index (κ1) is 46.4. The molecule has 0 aliphatic heterocycles. The molecule has 0 unspecified atom stereocenters. The van der Waals surface area contributed by atoms with E-state index in [9.17, 15) is 87.8 Å². The SMILES string of the molecule is Cc1cc(C(F)(C(F)(F)F)C(F)(F)F)cc(C(F)(F)F)c1N.Cc1cccc(C(F)(F)F)c1N.FC(F)(F)C(F)(I)C(F)(F)F.OO. The van der Waals surface area contributed by atoms with E-state index in [2.05, 4.69) is 0 Å². The number of hydrogen-bond donors (Lipinski definition) is 4. The lowest BCUT2D eigenvalue weighted by Crippen LogP contribution is -2.50. The van der Waals surface area contributed by atoms with E-state index in [1.165, 1.54) is 6.07 Å². The molecule has 0 atom stereocenters. The van der Waals surface area contributed by atoms with Crippen molar-refractivity contribution in [3.63, 3.8) is 0 Å². The minimum absolute atomic E-state index is 0.00838. The number of anilines is 2. The number of hydrogen-bond acceptors (Lipinski definition) is 4. The van der Waals surface area contributed by atoms with Crippen molar-refractivity contribution in [3.05, 3.63) is 58.1 Å². The maximum absolute atomic E-state index is 13.8. The third kappa shape index (κ3) is 11.2. The van der Waals surface area contributed by atoms with Gasteiger partial charge in [0.1, 0.15) is 0 Å². The van der Waals surface area contributed by atoms with E-state index in [4.69, 9.17) is 22.0 Å². The van der Waals surface area contributed by atoms with Crippen molar-refractivity contribution in [1.82, 2.24) is 0 Å². The van der Waals surface area contributed by atoms with Gasteiger partial charge in [-0.05, 0) is 59.7 Å². The van der Waals surface area contributed by atoms with Crippen LogP contribution in [0.2, 0.25) is 0 Å². The average molecular weight is 848 g/mol. The fraction of sp³-hybridized carbons (Fsp3) is 0.455. The van der Waals surface area contributed by atoms with Gasteiger partial charge in [-0.15, -0.1) is 0 Å². The average Bonchev–Trinajstić information content (AvgIpc) is 2.84. The second kappa shape index (κ2) is 15.2. The summed E-state index contributed by atoms with van der Waals surface area (Å²) >= 11 is -0.328. The normalized spacial score (nSPS) is 13.4. The van der Waals surface area contributed by atoms with Gasteiger partial charge in [0, 0.05) is 16.9 Å². The van der Waals surface area contributed by atoms with Crippen LogP contribution in [0.1, 0.15) is 27.8 Å². The lowest BCUT2D eigenvalue weighted by molar-refractivity contribution is -0.348. The van der Waals surface area contributed by atoms with Gasteiger partial charge in [0.05, 0.1) is 11.1 Å². The molecule has 0 amide bonds. The molecule has 2 aromatic rings. The number of para-hydroxylation sites is 1. The number of rotatable bonds is 1. The fourth-order valence-corrected chi connectivity index (χ4v) is 2.81. The molecule has 6 N–H and O–H groups in total. The minimum Gasteiger partial charge on any atom is -0.398 e. The molecular formula is C22H17F20IN2O2. The first-order valence-electron chi connectivity index (χ1n) is 10.9. The van der Waals surface area contributed by atoms with Crippen LogP contribution in [0.4, 0.5) is 99.2 Å². The number of alkyl halides is 21. The van der Waals surface area contributed by atoms with Gasteiger partial charge >= 0.3 is 46.4 Å². The van der Waals surface area contributed by atoms with Crippen molar-refractivity contribution in [2.24, 2.45) is 0 Å². The number of benzene rings is 2. The van der Waals surface area contributed by atoms with Crippen LogP contribution < -0.4 is 11.5 Å². The highest BCUT2D eigenvalue weighted by Crippen LogP contribution is 2.54. The molecule has 0 saturated carbocycles. The molecule has 0 aliphatic rings. The van der Waals surface area contributed by atoms with Gasteiger partial charge in [0.15, 0.2) is 0 Å². The Hall–Kier alpha value is -2.71. The van der Waals surface area contributed by atoms with E-state index >= 15 is 0 Å². The highest BCUT2D eigenvalue weighted by atomic mass is 127. The van der Waals surface area contributed by atoms with Gasteiger partial charge in [0.25, 0.3) is 0 Å². The molecule has 0 bridgehead atoms. The second-order valence-electron chi connectivity index (χ2n) is 8.51. The van der Waals surface area contributed by atoms with E-state index < -0.39 is 80.4 Å². The number of halogens is 21. The van der Waals surface area contributed by atoms with Crippen molar-refractivity contribution < 1.29 is 98.3 Å². The summed E-state index contributed by atoms with van der Waals surface area (Å²) in [6.07, 6.45) is -34.6. The summed E-state index contributed by atoms with van der Waals surface area (Å²) < 4.78 is 237. The Balaban J connectivity index is 0. The van der Waals surface area contributed by atoms with Gasteiger partial charge in [-0.1, -0.05) is 18.2 Å². The van der Waals surface area contributed by atoms with Crippen LogP contribution in [0.25, 0.3) is 0 Å². The molecule has 4 nitrogen and oxygen atoms in total. The van der Waals surface area contributed by atoms with Crippen molar-refractivity contribution >= 4 is 34.0 Å². The summed E-state index contributed by atoms with van der Waals surface area (Å²) in [7, 11) is 0. The van der Waals surface area contributed by atoms with E-state index in [1.54, 1.807) is 13.0 Å². The summed E-state index contributed by atoms with van der Waals surface area (Å²) in [6.45, 7) is 2.28. The van der Waals surface area contributed by atoms with Crippen LogP contribution in [0, 0.1) is 13.8 Å². The standard InChI is InChI=1S/C11H7F10N.C8H8F3N.C3F7I.H2O2/c1-4-2-5(3-6(7(4)22)9(13,14)15)8(12,10(16,17)18)11(19,20)21;1-5-3-2-4-6(7(5)12)8(9,10)11;4-1(11,2(5,6)7)3(8,9)10;1-2/h2-3H,22H2,1H3;2-4H,12H2,1H3;;1-2H. The summed E-state index contributed by atoms with van der Waals surface area (Å²) in [5.74, 6) is 0.